The maximum atomic E-state index is 13.0. The first-order chi connectivity index (χ1) is 7.17. The van der Waals surface area contributed by atoms with E-state index in [-0.39, 0.29) is 24.3 Å². The Morgan fingerprint density at radius 1 is 1.25 bits per heavy atom. The van der Waals surface area contributed by atoms with Crippen LogP contribution >= 0.6 is 12.4 Å². The van der Waals surface area contributed by atoms with E-state index in [4.69, 9.17) is 5.73 Å². The molecule has 0 fully saturated rings. The van der Waals surface area contributed by atoms with Crippen LogP contribution in [0.25, 0.3) is 0 Å². The number of hydrogen-bond acceptors (Lipinski definition) is 1. The first-order valence-electron chi connectivity index (χ1n) is 5.68. The summed E-state index contributed by atoms with van der Waals surface area (Å²) in [6, 6.07) is 6.57. The normalized spacial score (nSPS) is 12.3. The Kier molecular flexibility index (Phi) is 7.35. The molecular weight excluding hydrogens is 225 g/mol. The molecule has 1 nitrogen and oxygen atoms in total. The Bertz CT molecular complexity index is 300. The molecule has 0 aliphatic heterocycles. The molecule has 0 aliphatic rings. The van der Waals surface area contributed by atoms with Gasteiger partial charge < -0.3 is 5.73 Å². The van der Waals surface area contributed by atoms with E-state index in [2.05, 4.69) is 13.8 Å². The van der Waals surface area contributed by atoms with Crippen LogP contribution in [0.5, 0.6) is 0 Å². The molecule has 0 saturated carbocycles. The van der Waals surface area contributed by atoms with Crippen molar-refractivity contribution in [3.8, 4) is 0 Å². The van der Waals surface area contributed by atoms with E-state index >= 15 is 0 Å². The number of halogens is 2. The summed E-state index contributed by atoms with van der Waals surface area (Å²) in [4.78, 5) is 0. The Morgan fingerprint density at radius 3 is 2.38 bits per heavy atom. The average molecular weight is 246 g/mol. The van der Waals surface area contributed by atoms with Crippen LogP contribution in [-0.4, -0.2) is 0 Å². The highest BCUT2D eigenvalue weighted by Crippen LogP contribution is 2.23. The monoisotopic (exact) mass is 245 g/mol. The van der Waals surface area contributed by atoms with Gasteiger partial charge in [0.1, 0.15) is 5.82 Å². The average Bonchev–Trinajstić information content (AvgIpc) is 2.25. The van der Waals surface area contributed by atoms with Gasteiger partial charge in [0.25, 0.3) is 0 Å². The fraction of sp³-hybridized carbons (Fsp3) is 0.538. The van der Waals surface area contributed by atoms with Crippen molar-refractivity contribution >= 4 is 12.4 Å². The van der Waals surface area contributed by atoms with Crippen LogP contribution in [0.1, 0.15) is 44.7 Å². The van der Waals surface area contributed by atoms with Gasteiger partial charge in [-0.2, -0.15) is 0 Å². The van der Waals surface area contributed by atoms with Crippen molar-refractivity contribution in [3.63, 3.8) is 0 Å². The fourth-order valence-corrected chi connectivity index (χ4v) is 1.85. The molecule has 1 unspecified atom stereocenters. The second-order valence-corrected chi connectivity index (χ2v) is 4.08. The zero-order valence-corrected chi connectivity index (χ0v) is 10.8. The van der Waals surface area contributed by atoms with Crippen molar-refractivity contribution in [2.45, 2.75) is 39.2 Å². The van der Waals surface area contributed by atoms with E-state index in [0.29, 0.717) is 5.92 Å². The maximum Gasteiger partial charge on any atom is 0.123 e. The van der Waals surface area contributed by atoms with Crippen molar-refractivity contribution in [2.75, 3.05) is 0 Å². The second-order valence-electron chi connectivity index (χ2n) is 4.08. The Hall–Kier alpha value is -0.600. The SMILES string of the molecule is CCC(CC)CC(N)c1cccc(F)c1.Cl. The summed E-state index contributed by atoms with van der Waals surface area (Å²) in [6.07, 6.45) is 3.22. The van der Waals surface area contributed by atoms with E-state index in [1.807, 2.05) is 6.07 Å². The molecular formula is C13H21ClFN. The summed E-state index contributed by atoms with van der Waals surface area (Å²) in [5.41, 5.74) is 6.95. The molecule has 2 N–H and O–H groups in total. The third-order valence-electron chi connectivity index (χ3n) is 3.02. The molecule has 1 aromatic rings. The maximum absolute atomic E-state index is 13.0. The summed E-state index contributed by atoms with van der Waals surface area (Å²) < 4.78 is 13.0. The van der Waals surface area contributed by atoms with Crippen molar-refractivity contribution in [2.24, 2.45) is 11.7 Å². The largest absolute Gasteiger partial charge is 0.324 e. The van der Waals surface area contributed by atoms with Gasteiger partial charge in [-0.15, -0.1) is 12.4 Å². The van der Waals surface area contributed by atoms with E-state index in [0.717, 1.165) is 24.8 Å². The summed E-state index contributed by atoms with van der Waals surface area (Å²) in [7, 11) is 0. The van der Waals surface area contributed by atoms with Crippen LogP contribution in [0.15, 0.2) is 24.3 Å². The predicted molar refractivity (Wildman–Crippen MR) is 69.3 cm³/mol. The highest BCUT2D eigenvalue weighted by molar-refractivity contribution is 5.85. The van der Waals surface area contributed by atoms with Gasteiger partial charge in [0.2, 0.25) is 0 Å². The lowest BCUT2D eigenvalue weighted by Crippen LogP contribution is -2.15. The highest BCUT2D eigenvalue weighted by atomic mass is 35.5. The minimum absolute atomic E-state index is 0. The summed E-state index contributed by atoms with van der Waals surface area (Å²) in [5, 5.41) is 0. The third kappa shape index (κ3) is 4.50. The first-order valence-corrected chi connectivity index (χ1v) is 5.68. The van der Waals surface area contributed by atoms with E-state index in [1.165, 1.54) is 12.1 Å². The molecule has 0 radical (unpaired) electrons. The van der Waals surface area contributed by atoms with E-state index < -0.39 is 0 Å². The van der Waals surface area contributed by atoms with Gasteiger partial charge in [0.05, 0.1) is 0 Å². The van der Waals surface area contributed by atoms with Crippen molar-refractivity contribution < 1.29 is 4.39 Å². The lowest BCUT2D eigenvalue weighted by molar-refractivity contribution is 0.414. The number of hydrogen-bond donors (Lipinski definition) is 1. The first kappa shape index (κ1) is 15.4. The van der Waals surface area contributed by atoms with Gasteiger partial charge in [-0.05, 0) is 30.0 Å². The lowest BCUT2D eigenvalue weighted by Gasteiger charge is -2.18. The molecule has 0 aromatic heterocycles. The summed E-state index contributed by atoms with van der Waals surface area (Å²) >= 11 is 0. The molecule has 3 heteroatoms. The van der Waals surface area contributed by atoms with Crippen LogP contribution in [0, 0.1) is 11.7 Å². The molecule has 16 heavy (non-hydrogen) atoms. The number of nitrogens with two attached hydrogens (primary N) is 1. The van der Waals surface area contributed by atoms with Crippen molar-refractivity contribution in [3.05, 3.63) is 35.6 Å². The summed E-state index contributed by atoms with van der Waals surface area (Å²) in [6.45, 7) is 4.35. The topological polar surface area (TPSA) is 26.0 Å². The van der Waals surface area contributed by atoms with Gasteiger partial charge in [0.15, 0.2) is 0 Å². The van der Waals surface area contributed by atoms with Crippen molar-refractivity contribution in [1.82, 2.24) is 0 Å². The van der Waals surface area contributed by atoms with E-state index in [1.54, 1.807) is 6.07 Å². The molecule has 0 heterocycles. The Morgan fingerprint density at radius 2 is 1.88 bits per heavy atom. The predicted octanol–water partition coefficient (Wildman–Crippen LogP) is 4.07. The van der Waals surface area contributed by atoms with Crippen LogP contribution in [0.2, 0.25) is 0 Å². The highest BCUT2D eigenvalue weighted by Gasteiger charge is 2.12. The van der Waals surface area contributed by atoms with Crippen molar-refractivity contribution in [1.29, 1.82) is 0 Å². The molecule has 0 spiro atoms. The molecule has 0 amide bonds. The zero-order chi connectivity index (χ0) is 11.3. The molecule has 1 atom stereocenters. The quantitative estimate of drug-likeness (QED) is 0.831. The van der Waals surface area contributed by atoms with E-state index in [9.17, 15) is 4.39 Å². The minimum atomic E-state index is -0.201. The van der Waals surface area contributed by atoms with Crippen LogP contribution in [-0.2, 0) is 0 Å². The lowest BCUT2D eigenvalue weighted by atomic mass is 9.92. The standard InChI is InChI=1S/C13H20FN.ClH/c1-3-10(4-2)8-13(15)11-6-5-7-12(14)9-11;/h5-7,9-10,13H,3-4,8,15H2,1-2H3;1H. The molecule has 1 aromatic carbocycles. The Labute approximate surface area is 104 Å². The smallest absolute Gasteiger partial charge is 0.123 e. The van der Waals surface area contributed by atoms with Crippen LogP contribution in [0.4, 0.5) is 4.39 Å². The van der Waals surface area contributed by atoms with Gasteiger partial charge in [-0.3, -0.25) is 0 Å². The fourth-order valence-electron chi connectivity index (χ4n) is 1.85. The Balaban J connectivity index is 0.00000225. The van der Waals surface area contributed by atoms with Gasteiger partial charge in [0, 0.05) is 6.04 Å². The molecule has 0 aliphatic carbocycles. The minimum Gasteiger partial charge on any atom is -0.324 e. The van der Waals surface area contributed by atoms with Crippen LogP contribution in [0.3, 0.4) is 0 Å². The molecule has 92 valence electrons. The van der Waals surface area contributed by atoms with Crippen LogP contribution < -0.4 is 5.73 Å². The van der Waals surface area contributed by atoms with Gasteiger partial charge in [-0.1, -0.05) is 38.8 Å². The van der Waals surface area contributed by atoms with Gasteiger partial charge >= 0.3 is 0 Å². The molecule has 1 rings (SSSR count). The summed E-state index contributed by atoms with van der Waals surface area (Å²) in [5.74, 6) is 0.441. The number of benzene rings is 1. The third-order valence-corrected chi connectivity index (χ3v) is 3.02. The number of rotatable bonds is 5. The zero-order valence-electron chi connectivity index (χ0n) is 9.95. The molecule has 0 saturated heterocycles. The molecule has 0 bridgehead atoms. The second kappa shape index (κ2) is 7.64. The van der Waals surface area contributed by atoms with Gasteiger partial charge in [-0.25, -0.2) is 4.39 Å².